The van der Waals surface area contributed by atoms with E-state index < -0.39 is 5.97 Å². The number of methoxy groups -OCH3 is 1. The number of likely N-dealkylation sites (N-methyl/N-ethyl adjacent to an activating group) is 1. The van der Waals surface area contributed by atoms with Crippen molar-refractivity contribution in [1.29, 1.82) is 0 Å². The number of ether oxygens (including phenoxy) is 2. The molecule has 0 unspecified atom stereocenters. The molecule has 1 aromatic rings. The standard InChI is InChI=1S/C14H22N4O3/c1-18(2)14(6-8-21-9-7-14)10-15-12-5-4-11(16-17-12)13(19)20-3/h4-5H,6-10H2,1-3H3,(H,15,17). The molecule has 0 aromatic carbocycles. The summed E-state index contributed by atoms with van der Waals surface area (Å²) in [7, 11) is 5.49. The third-order valence-electron chi connectivity index (χ3n) is 4.03. The summed E-state index contributed by atoms with van der Waals surface area (Å²) >= 11 is 0. The first-order chi connectivity index (χ1) is 10.1. The van der Waals surface area contributed by atoms with Crippen LogP contribution < -0.4 is 5.32 Å². The van der Waals surface area contributed by atoms with E-state index in [-0.39, 0.29) is 11.2 Å². The van der Waals surface area contributed by atoms with E-state index in [1.165, 1.54) is 7.11 Å². The molecule has 0 saturated carbocycles. The molecule has 116 valence electrons. The molecule has 1 saturated heterocycles. The third-order valence-corrected chi connectivity index (χ3v) is 4.03. The molecule has 21 heavy (non-hydrogen) atoms. The Morgan fingerprint density at radius 3 is 2.62 bits per heavy atom. The first-order valence-electron chi connectivity index (χ1n) is 6.98. The Bertz CT molecular complexity index is 470. The molecule has 0 radical (unpaired) electrons. The van der Waals surface area contributed by atoms with Crippen molar-refractivity contribution in [2.24, 2.45) is 0 Å². The molecule has 1 fully saturated rings. The molecule has 2 rings (SSSR count). The van der Waals surface area contributed by atoms with Crippen molar-refractivity contribution in [3.8, 4) is 0 Å². The molecular formula is C14H22N4O3. The van der Waals surface area contributed by atoms with Gasteiger partial charge in [0.15, 0.2) is 5.69 Å². The second-order valence-electron chi connectivity index (χ2n) is 5.38. The fourth-order valence-electron chi connectivity index (χ4n) is 2.43. The summed E-state index contributed by atoms with van der Waals surface area (Å²) in [5.74, 6) is 0.165. The van der Waals surface area contributed by atoms with Gasteiger partial charge in [-0.05, 0) is 39.1 Å². The predicted octanol–water partition coefficient (Wildman–Crippen LogP) is 0.786. The van der Waals surface area contributed by atoms with Gasteiger partial charge >= 0.3 is 5.97 Å². The number of esters is 1. The number of carbonyl (C=O) groups is 1. The van der Waals surface area contributed by atoms with Crippen molar-refractivity contribution < 1.29 is 14.3 Å². The van der Waals surface area contributed by atoms with Crippen LogP contribution in [-0.4, -0.2) is 67.6 Å². The summed E-state index contributed by atoms with van der Waals surface area (Å²) in [6.07, 6.45) is 1.95. The summed E-state index contributed by atoms with van der Waals surface area (Å²) in [6, 6.07) is 3.34. The van der Waals surface area contributed by atoms with Gasteiger partial charge in [-0.2, -0.15) is 0 Å². The monoisotopic (exact) mass is 294 g/mol. The van der Waals surface area contributed by atoms with Crippen molar-refractivity contribution >= 4 is 11.8 Å². The maximum Gasteiger partial charge on any atom is 0.358 e. The maximum absolute atomic E-state index is 11.3. The Kier molecular flexibility index (Phi) is 5.08. The Morgan fingerprint density at radius 2 is 2.10 bits per heavy atom. The molecule has 2 heterocycles. The first kappa shape index (κ1) is 15.7. The molecule has 7 heteroatoms. The van der Waals surface area contributed by atoms with E-state index >= 15 is 0 Å². The summed E-state index contributed by atoms with van der Waals surface area (Å²) in [4.78, 5) is 13.5. The predicted molar refractivity (Wildman–Crippen MR) is 78.3 cm³/mol. The van der Waals surface area contributed by atoms with Crippen LogP contribution in [0, 0.1) is 0 Å². The molecule has 1 aliphatic heterocycles. The Balaban J connectivity index is 1.99. The average Bonchev–Trinajstić information content (AvgIpc) is 2.53. The Hall–Kier alpha value is -1.73. The highest BCUT2D eigenvalue weighted by molar-refractivity contribution is 5.86. The number of hydrogen-bond donors (Lipinski definition) is 1. The third kappa shape index (κ3) is 3.68. The molecule has 1 aliphatic rings. The second kappa shape index (κ2) is 6.82. The van der Waals surface area contributed by atoms with Crippen molar-refractivity contribution in [1.82, 2.24) is 15.1 Å². The number of anilines is 1. The number of hydrogen-bond acceptors (Lipinski definition) is 7. The van der Waals surface area contributed by atoms with Gasteiger partial charge in [0.25, 0.3) is 0 Å². The van der Waals surface area contributed by atoms with Gasteiger partial charge in [-0.25, -0.2) is 4.79 Å². The zero-order valence-corrected chi connectivity index (χ0v) is 12.8. The second-order valence-corrected chi connectivity index (χ2v) is 5.38. The maximum atomic E-state index is 11.3. The van der Waals surface area contributed by atoms with E-state index in [1.807, 2.05) is 0 Å². The van der Waals surface area contributed by atoms with Gasteiger partial charge in [-0.15, -0.1) is 10.2 Å². The van der Waals surface area contributed by atoms with Gasteiger partial charge in [-0.3, -0.25) is 0 Å². The SMILES string of the molecule is COC(=O)c1ccc(NCC2(N(C)C)CCOCC2)nn1. The fourth-order valence-corrected chi connectivity index (χ4v) is 2.43. The fraction of sp³-hybridized carbons (Fsp3) is 0.643. The Labute approximate surface area is 124 Å². The molecule has 0 amide bonds. The minimum Gasteiger partial charge on any atom is -0.464 e. The highest BCUT2D eigenvalue weighted by Crippen LogP contribution is 2.26. The van der Waals surface area contributed by atoms with Gasteiger partial charge < -0.3 is 19.7 Å². The summed E-state index contributed by atoms with van der Waals surface area (Å²) < 4.78 is 10.0. The molecular weight excluding hydrogens is 272 g/mol. The van der Waals surface area contributed by atoms with Gasteiger partial charge in [0.05, 0.1) is 7.11 Å². The molecule has 0 bridgehead atoms. The van der Waals surface area contributed by atoms with E-state index in [1.54, 1.807) is 12.1 Å². The highest BCUT2D eigenvalue weighted by atomic mass is 16.5. The lowest BCUT2D eigenvalue weighted by Crippen LogP contribution is -2.53. The summed E-state index contributed by atoms with van der Waals surface area (Å²) in [5.41, 5.74) is 0.262. The van der Waals surface area contributed by atoms with Gasteiger partial charge in [0.1, 0.15) is 5.82 Å². The summed E-state index contributed by atoms with van der Waals surface area (Å²) in [6.45, 7) is 2.30. The minimum absolute atomic E-state index is 0.0565. The van der Waals surface area contributed by atoms with Crippen molar-refractivity contribution in [2.45, 2.75) is 18.4 Å². The lowest BCUT2D eigenvalue weighted by molar-refractivity contribution is -0.000675. The van der Waals surface area contributed by atoms with E-state index in [2.05, 4.69) is 39.2 Å². The van der Waals surface area contributed by atoms with Crippen LogP contribution in [0.3, 0.4) is 0 Å². The van der Waals surface area contributed by atoms with E-state index in [4.69, 9.17) is 4.74 Å². The van der Waals surface area contributed by atoms with Gasteiger partial charge in [0.2, 0.25) is 0 Å². The number of rotatable bonds is 5. The zero-order chi connectivity index (χ0) is 15.3. The molecule has 1 aromatic heterocycles. The summed E-state index contributed by atoms with van der Waals surface area (Å²) in [5, 5.41) is 11.2. The molecule has 0 atom stereocenters. The Morgan fingerprint density at radius 1 is 1.38 bits per heavy atom. The zero-order valence-electron chi connectivity index (χ0n) is 12.8. The van der Waals surface area contributed by atoms with Crippen LogP contribution in [0.2, 0.25) is 0 Å². The van der Waals surface area contributed by atoms with E-state index in [0.717, 1.165) is 32.6 Å². The van der Waals surface area contributed by atoms with Crippen molar-refractivity contribution in [2.75, 3.05) is 46.3 Å². The lowest BCUT2D eigenvalue weighted by Gasteiger charge is -2.42. The van der Waals surface area contributed by atoms with Crippen molar-refractivity contribution in [3.63, 3.8) is 0 Å². The van der Waals surface area contributed by atoms with Gasteiger partial charge in [-0.1, -0.05) is 0 Å². The molecule has 0 aliphatic carbocycles. The number of nitrogens with one attached hydrogen (secondary N) is 1. The van der Waals surface area contributed by atoms with E-state index in [9.17, 15) is 4.79 Å². The van der Waals surface area contributed by atoms with Crippen LogP contribution in [0.15, 0.2) is 12.1 Å². The lowest BCUT2D eigenvalue weighted by atomic mass is 9.88. The average molecular weight is 294 g/mol. The van der Waals surface area contributed by atoms with Crippen LogP contribution in [0.4, 0.5) is 5.82 Å². The molecule has 0 spiro atoms. The van der Waals surface area contributed by atoms with Crippen molar-refractivity contribution in [3.05, 3.63) is 17.8 Å². The van der Waals surface area contributed by atoms with Crippen LogP contribution in [0.1, 0.15) is 23.3 Å². The van der Waals surface area contributed by atoms with Crippen LogP contribution in [-0.2, 0) is 9.47 Å². The largest absolute Gasteiger partial charge is 0.464 e. The van der Waals surface area contributed by atoms with Crippen LogP contribution in [0.25, 0.3) is 0 Å². The highest BCUT2D eigenvalue weighted by Gasteiger charge is 2.34. The number of aromatic nitrogens is 2. The topological polar surface area (TPSA) is 76.6 Å². The smallest absolute Gasteiger partial charge is 0.358 e. The van der Waals surface area contributed by atoms with Crippen LogP contribution in [0.5, 0.6) is 0 Å². The van der Waals surface area contributed by atoms with Crippen LogP contribution >= 0.6 is 0 Å². The van der Waals surface area contributed by atoms with Gasteiger partial charge in [0, 0.05) is 25.3 Å². The normalized spacial score (nSPS) is 17.5. The first-order valence-corrected chi connectivity index (χ1v) is 6.98. The number of carbonyl (C=O) groups excluding carboxylic acids is 1. The van der Waals surface area contributed by atoms with E-state index in [0.29, 0.717) is 5.82 Å². The molecule has 1 N–H and O–H groups in total. The minimum atomic E-state index is -0.483. The molecule has 7 nitrogen and oxygen atoms in total. The quantitative estimate of drug-likeness (QED) is 0.804. The number of nitrogens with zero attached hydrogens (tertiary/aromatic N) is 3.